The molecule has 13 heavy (non-hydrogen) atoms. The monoisotopic (exact) mass is 217 g/mol. The summed E-state index contributed by atoms with van der Waals surface area (Å²) in [4.78, 5) is 11.7. The SMILES string of the molecule is CN(C(=O)C(Cl)Cl)c1ccccc1. The van der Waals surface area contributed by atoms with Gasteiger partial charge in [-0.25, -0.2) is 0 Å². The molecule has 70 valence electrons. The lowest BCUT2D eigenvalue weighted by atomic mass is 10.3. The fraction of sp³-hybridized carbons (Fsp3) is 0.222. The number of amides is 1. The van der Waals surface area contributed by atoms with Crippen LogP contribution in [-0.2, 0) is 4.79 Å². The number of alkyl halides is 2. The van der Waals surface area contributed by atoms with Crippen LogP contribution >= 0.6 is 23.2 Å². The lowest BCUT2D eigenvalue weighted by Gasteiger charge is -2.17. The second-order valence-electron chi connectivity index (χ2n) is 2.53. The number of para-hydroxylation sites is 1. The Hall–Kier alpha value is -0.730. The second kappa shape index (κ2) is 4.49. The van der Waals surface area contributed by atoms with Crippen molar-refractivity contribution in [1.29, 1.82) is 0 Å². The van der Waals surface area contributed by atoms with E-state index >= 15 is 0 Å². The zero-order chi connectivity index (χ0) is 9.84. The van der Waals surface area contributed by atoms with Crippen molar-refractivity contribution in [2.75, 3.05) is 11.9 Å². The Bertz CT molecular complexity index is 287. The molecule has 0 heterocycles. The first kappa shape index (κ1) is 10.4. The van der Waals surface area contributed by atoms with Gasteiger partial charge in [-0.15, -0.1) is 0 Å². The van der Waals surface area contributed by atoms with Crippen molar-refractivity contribution >= 4 is 34.8 Å². The lowest BCUT2D eigenvalue weighted by molar-refractivity contribution is -0.116. The molecule has 4 heteroatoms. The van der Waals surface area contributed by atoms with Crippen LogP contribution in [0, 0.1) is 0 Å². The lowest BCUT2D eigenvalue weighted by Crippen LogP contribution is -2.30. The first-order valence-electron chi connectivity index (χ1n) is 3.73. The largest absolute Gasteiger partial charge is 0.313 e. The van der Waals surface area contributed by atoms with Gasteiger partial charge in [0.05, 0.1) is 0 Å². The molecular weight excluding hydrogens is 209 g/mol. The predicted octanol–water partition coefficient (Wildman–Crippen LogP) is 2.45. The molecule has 0 saturated carbocycles. The van der Waals surface area contributed by atoms with E-state index in [0.29, 0.717) is 0 Å². The Balaban J connectivity index is 2.80. The Morgan fingerprint density at radius 3 is 2.31 bits per heavy atom. The fourth-order valence-corrected chi connectivity index (χ4v) is 1.22. The van der Waals surface area contributed by atoms with Gasteiger partial charge in [-0.1, -0.05) is 41.4 Å². The van der Waals surface area contributed by atoms with E-state index in [0.717, 1.165) is 5.69 Å². The standard InChI is InChI=1S/C9H9Cl2NO/c1-12(9(13)8(10)11)7-5-3-2-4-6-7/h2-6,8H,1H3. The predicted molar refractivity (Wildman–Crippen MR) is 55.3 cm³/mol. The number of carbonyl (C=O) groups is 1. The van der Waals surface area contributed by atoms with Gasteiger partial charge in [0.1, 0.15) is 0 Å². The maximum Gasteiger partial charge on any atom is 0.260 e. The van der Waals surface area contributed by atoms with Crippen LogP contribution in [0.5, 0.6) is 0 Å². The van der Waals surface area contributed by atoms with Gasteiger partial charge in [-0.2, -0.15) is 0 Å². The van der Waals surface area contributed by atoms with Gasteiger partial charge in [-0.3, -0.25) is 4.79 Å². The topological polar surface area (TPSA) is 20.3 Å². The molecule has 2 nitrogen and oxygen atoms in total. The normalized spacial score (nSPS) is 10.2. The summed E-state index contributed by atoms with van der Waals surface area (Å²) in [6, 6.07) is 9.19. The molecule has 1 rings (SSSR count). The van der Waals surface area contributed by atoms with E-state index in [-0.39, 0.29) is 5.91 Å². The molecule has 0 fully saturated rings. The highest BCUT2D eigenvalue weighted by molar-refractivity contribution is 6.54. The van der Waals surface area contributed by atoms with E-state index in [1.807, 2.05) is 30.3 Å². The molecule has 0 aliphatic rings. The number of nitrogens with zero attached hydrogens (tertiary/aromatic N) is 1. The highest BCUT2D eigenvalue weighted by Gasteiger charge is 2.17. The van der Waals surface area contributed by atoms with Crippen molar-refractivity contribution in [3.63, 3.8) is 0 Å². The van der Waals surface area contributed by atoms with Crippen molar-refractivity contribution in [2.45, 2.75) is 4.84 Å². The minimum atomic E-state index is -1.01. The highest BCUT2D eigenvalue weighted by atomic mass is 35.5. The summed E-state index contributed by atoms with van der Waals surface area (Å²) in [6.45, 7) is 0. The summed E-state index contributed by atoms with van der Waals surface area (Å²) >= 11 is 10.9. The van der Waals surface area contributed by atoms with Gasteiger partial charge in [0, 0.05) is 12.7 Å². The first-order chi connectivity index (χ1) is 6.13. The van der Waals surface area contributed by atoms with E-state index in [9.17, 15) is 4.79 Å². The molecule has 0 aromatic heterocycles. The molecule has 1 aromatic rings. The molecule has 0 spiro atoms. The number of rotatable bonds is 2. The Morgan fingerprint density at radius 1 is 1.31 bits per heavy atom. The molecule has 0 aliphatic carbocycles. The third kappa shape index (κ3) is 2.61. The van der Waals surface area contributed by atoms with E-state index in [4.69, 9.17) is 23.2 Å². The van der Waals surface area contributed by atoms with Gasteiger partial charge in [0.25, 0.3) is 5.91 Å². The van der Waals surface area contributed by atoms with Crippen LogP contribution in [0.4, 0.5) is 5.69 Å². The molecule has 0 radical (unpaired) electrons. The van der Waals surface area contributed by atoms with Crippen LogP contribution in [0.2, 0.25) is 0 Å². The second-order valence-corrected chi connectivity index (χ2v) is 3.63. The van der Waals surface area contributed by atoms with Gasteiger partial charge >= 0.3 is 0 Å². The Morgan fingerprint density at radius 2 is 1.85 bits per heavy atom. The van der Waals surface area contributed by atoms with Gasteiger partial charge in [0.15, 0.2) is 4.84 Å². The molecular formula is C9H9Cl2NO. The fourth-order valence-electron chi connectivity index (χ4n) is 0.925. The summed E-state index contributed by atoms with van der Waals surface area (Å²) in [5.74, 6) is -0.325. The minimum absolute atomic E-state index is 0.325. The maximum atomic E-state index is 11.3. The van der Waals surface area contributed by atoms with Gasteiger partial charge < -0.3 is 4.90 Å². The third-order valence-corrected chi connectivity index (χ3v) is 2.03. The minimum Gasteiger partial charge on any atom is -0.313 e. The first-order valence-corrected chi connectivity index (χ1v) is 4.61. The smallest absolute Gasteiger partial charge is 0.260 e. The van der Waals surface area contributed by atoms with Crippen molar-refractivity contribution < 1.29 is 4.79 Å². The molecule has 0 bridgehead atoms. The average molecular weight is 218 g/mol. The van der Waals surface area contributed by atoms with Crippen LogP contribution in [0.15, 0.2) is 30.3 Å². The summed E-state index contributed by atoms with van der Waals surface area (Å²) in [6.07, 6.45) is 0. The van der Waals surface area contributed by atoms with E-state index < -0.39 is 4.84 Å². The summed E-state index contributed by atoms with van der Waals surface area (Å²) < 4.78 is 0. The van der Waals surface area contributed by atoms with Crippen LogP contribution in [0.1, 0.15) is 0 Å². The van der Waals surface area contributed by atoms with E-state index in [1.54, 1.807) is 7.05 Å². The van der Waals surface area contributed by atoms with Crippen LogP contribution in [0.25, 0.3) is 0 Å². The molecule has 0 atom stereocenters. The maximum absolute atomic E-state index is 11.3. The number of halogens is 2. The number of hydrogen-bond donors (Lipinski definition) is 0. The number of benzene rings is 1. The third-order valence-electron chi connectivity index (χ3n) is 1.66. The van der Waals surface area contributed by atoms with Crippen molar-refractivity contribution in [3.05, 3.63) is 30.3 Å². The summed E-state index contributed by atoms with van der Waals surface area (Å²) in [5, 5.41) is 0. The molecule has 1 amide bonds. The van der Waals surface area contributed by atoms with Crippen LogP contribution in [-0.4, -0.2) is 17.8 Å². The van der Waals surface area contributed by atoms with Crippen molar-refractivity contribution in [2.24, 2.45) is 0 Å². The zero-order valence-electron chi connectivity index (χ0n) is 7.08. The molecule has 0 N–H and O–H groups in total. The average Bonchev–Trinajstić information content (AvgIpc) is 2.17. The number of anilines is 1. The Labute approximate surface area is 87.1 Å². The molecule has 0 saturated heterocycles. The molecule has 1 aromatic carbocycles. The summed E-state index contributed by atoms with van der Waals surface area (Å²) in [5.41, 5.74) is 0.777. The van der Waals surface area contributed by atoms with Crippen molar-refractivity contribution in [1.82, 2.24) is 0 Å². The van der Waals surface area contributed by atoms with E-state index in [1.165, 1.54) is 4.90 Å². The van der Waals surface area contributed by atoms with Crippen molar-refractivity contribution in [3.8, 4) is 0 Å². The zero-order valence-corrected chi connectivity index (χ0v) is 8.59. The van der Waals surface area contributed by atoms with Gasteiger partial charge in [-0.05, 0) is 12.1 Å². The summed E-state index contributed by atoms with van der Waals surface area (Å²) in [7, 11) is 1.63. The molecule has 0 aliphatic heterocycles. The number of hydrogen-bond acceptors (Lipinski definition) is 1. The quantitative estimate of drug-likeness (QED) is 0.698. The van der Waals surface area contributed by atoms with E-state index in [2.05, 4.69) is 0 Å². The molecule has 0 unspecified atom stereocenters. The number of carbonyl (C=O) groups excluding carboxylic acids is 1. The van der Waals surface area contributed by atoms with Gasteiger partial charge in [0.2, 0.25) is 0 Å². The Kier molecular flexibility index (Phi) is 3.58. The van der Waals surface area contributed by atoms with Crippen LogP contribution < -0.4 is 4.90 Å². The van der Waals surface area contributed by atoms with Crippen LogP contribution in [0.3, 0.4) is 0 Å². The highest BCUT2D eigenvalue weighted by Crippen LogP contribution is 2.15.